The Balaban J connectivity index is 1.79. The second-order valence-electron chi connectivity index (χ2n) is 5.88. The predicted molar refractivity (Wildman–Crippen MR) is 77.8 cm³/mol. The minimum absolute atomic E-state index is 0.502. The van der Waals surface area contributed by atoms with Gasteiger partial charge in [0.05, 0.1) is 0 Å². The van der Waals surface area contributed by atoms with Crippen LogP contribution in [0.1, 0.15) is 39.5 Å². The molecular formula is C14H27BrN2. The highest BCUT2D eigenvalue weighted by atomic mass is 79.9. The first-order valence-electron chi connectivity index (χ1n) is 7.25. The van der Waals surface area contributed by atoms with Crippen molar-refractivity contribution in [2.75, 3.05) is 38.1 Å². The molecule has 1 aliphatic heterocycles. The van der Waals surface area contributed by atoms with Crippen molar-refractivity contribution in [3.63, 3.8) is 0 Å². The summed E-state index contributed by atoms with van der Waals surface area (Å²) < 4.78 is 0. The summed E-state index contributed by atoms with van der Waals surface area (Å²) >= 11 is 3.73. The lowest BCUT2D eigenvalue weighted by molar-refractivity contribution is 0.0856. The maximum atomic E-state index is 3.73. The quantitative estimate of drug-likeness (QED) is 0.696. The van der Waals surface area contributed by atoms with Gasteiger partial charge in [-0.25, -0.2) is 0 Å². The first-order valence-corrected chi connectivity index (χ1v) is 8.37. The van der Waals surface area contributed by atoms with Gasteiger partial charge in [-0.05, 0) is 31.1 Å². The third-order valence-corrected chi connectivity index (χ3v) is 6.00. The summed E-state index contributed by atoms with van der Waals surface area (Å²) in [7, 11) is 0. The fourth-order valence-corrected chi connectivity index (χ4v) is 3.88. The SMILES string of the molecule is CCC(CC)(CBr)CN1CCN(C2CC2)CC1. The molecule has 0 bridgehead atoms. The van der Waals surface area contributed by atoms with Crippen LogP contribution in [0.5, 0.6) is 0 Å². The van der Waals surface area contributed by atoms with Gasteiger partial charge >= 0.3 is 0 Å². The highest BCUT2D eigenvalue weighted by Crippen LogP contribution is 2.31. The van der Waals surface area contributed by atoms with Gasteiger partial charge in [-0.2, -0.15) is 0 Å². The van der Waals surface area contributed by atoms with Crippen molar-refractivity contribution in [3.05, 3.63) is 0 Å². The molecule has 1 aliphatic carbocycles. The Morgan fingerprint density at radius 2 is 1.65 bits per heavy atom. The second-order valence-corrected chi connectivity index (χ2v) is 6.44. The van der Waals surface area contributed by atoms with Crippen LogP contribution in [0, 0.1) is 5.41 Å². The molecule has 0 atom stereocenters. The molecule has 3 heteroatoms. The number of rotatable bonds is 6. The van der Waals surface area contributed by atoms with E-state index in [1.165, 1.54) is 58.4 Å². The van der Waals surface area contributed by atoms with E-state index in [4.69, 9.17) is 0 Å². The lowest BCUT2D eigenvalue weighted by atomic mass is 9.84. The topological polar surface area (TPSA) is 6.48 Å². The number of hydrogen-bond acceptors (Lipinski definition) is 2. The van der Waals surface area contributed by atoms with Gasteiger partial charge in [0, 0.05) is 44.1 Å². The zero-order valence-corrected chi connectivity index (χ0v) is 13.0. The fraction of sp³-hybridized carbons (Fsp3) is 1.00. The molecule has 2 fully saturated rings. The van der Waals surface area contributed by atoms with E-state index in [1.54, 1.807) is 0 Å². The van der Waals surface area contributed by atoms with Crippen molar-refractivity contribution in [2.24, 2.45) is 5.41 Å². The molecule has 17 heavy (non-hydrogen) atoms. The van der Waals surface area contributed by atoms with Crippen LogP contribution in [0.3, 0.4) is 0 Å². The van der Waals surface area contributed by atoms with Crippen molar-refractivity contribution < 1.29 is 0 Å². The molecule has 1 saturated carbocycles. The molecule has 0 amide bonds. The van der Waals surface area contributed by atoms with E-state index in [9.17, 15) is 0 Å². The van der Waals surface area contributed by atoms with Crippen LogP contribution in [0.2, 0.25) is 0 Å². The average molecular weight is 303 g/mol. The molecule has 1 saturated heterocycles. The first kappa shape index (κ1) is 13.8. The van der Waals surface area contributed by atoms with Gasteiger partial charge in [0.1, 0.15) is 0 Å². The minimum Gasteiger partial charge on any atom is -0.300 e. The van der Waals surface area contributed by atoms with Crippen LogP contribution in [0.4, 0.5) is 0 Å². The van der Waals surface area contributed by atoms with Crippen molar-refractivity contribution in [2.45, 2.75) is 45.6 Å². The Morgan fingerprint density at radius 1 is 1.06 bits per heavy atom. The Bertz CT molecular complexity index is 220. The van der Waals surface area contributed by atoms with Crippen molar-refractivity contribution in [3.8, 4) is 0 Å². The molecule has 2 aliphatic rings. The van der Waals surface area contributed by atoms with E-state index in [-0.39, 0.29) is 0 Å². The van der Waals surface area contributed by atoms with Gasteiger partial charge in [0.2, 0.25) is 0 Å². The lowest BCUT2D eigenvalue weighted by Crippen LogP contribution is -2.50. The smallest absolute Gasteiger partial charge is 0.0113 e. The van der Waals surface area contributed by atoms with Crippen LogP contribution in [-0.4, -0.2) is 53.9 Å². The standard InChI is InChI=1S/C14H27BrN2/c1-3-14(4-2,11-15)12-16-7-9-17(10-8-16)13-5-6-13/h13H,3-12H2,1-2H3. The summed E-state index contributed by atoms with van der Waals surface area (Å²) in [4.78, 5) is 5.39. The third-order valence-electron chi connectivity index (χ3n) is 4.81. The van der Waals surface area contributed by atoms with E-state index in [1.807, 2.05) is 0 Å². The number of alkyl halides is 1. The maximum Gasteiger partial charge on any atom is 0.0113 e. The number of halogens is 1. The monoisotopic (exact) mass is 302 g/mol. The van der Waals surface area contributed by atoms with Crippen LogP contribution >= 0.6 is 15.9 Å². The van der Waals surface area contributed by atoms with Crippen molar-refractivity contribution in [1.82, 2.24) is 9.80 Å². The molecule has 2 nitrogen and oxygen atoms in total. The Kier molecular flexibility index (Phi) is 4.90. The summed E-state index contributed by atoms with van der Waals surface area (Å²) in [6.45, 7) is 11.1. The van der Waals surface area contributed by atoms with Crippen molar-refractivity contribution >= 4 is 15.9 Å². The lowest BCUT2D eigenvalue weighted by Gasteiger charge is -2.40. The number of hydrogen-bond donors (Lipinski definition) is 0. The highest BCUT2D eigenvalue weighted by molar-refractivity contribution is 9.09. The zero-order valence-electron chi connectivity index (χ0n) is 11.4. The van der Waals surface area contributed by atoms with Gasteiger partial charge in [0.25, 0.3) is 0 Å². The van der Waals surface area contributed by atoms with Crippen LogP contribution in [-0.2, 0) is 0 Å². The summed E-state index contributed by atoms with van der Waals surface area (Å²) in [6.07, 6.45) is 5.49. The molecular weight excluding hydrogens is 276 g/mol. The fourth-order valence-electron chi connectivity index (χ4n) is 2.91. The normalized spacial score (nSPS) is 24.2. The maximum absolute atomic E-state index is 3.73. The van der Waals surface area contributed by atoms with Crippen LogP contribution in [0.15, 0.2) is 0 Å². The summed E-state index contributed by atoms with van der Waals surface area (Å²) in [5.74, 6) is 0. The van der Waals surface area contributed by atoms with E-state index < -0.39 is 0 Å². The molecule has 0 unspecified atom stereocenters. The second kappa shape index (κ2) is 6.03. The summed E-state index contributed by atoms with van der Waals surface area (Å²) in [5.41, 5.74) is 0.502. The molecule has 0 aromatic rings. The van der Waals surface area contributed by atoms with Crippen LogP contribution < -0.4 is 0 Å². The van der Waals surface area contributed by atoms with Crippen molar-refractivity contribution in [1.29, 1.82) is 0 Å². The molecule has 0 aromatic carbocycles. The Hall–Kier alpha value is 0.400. The molecule has 0 aromatic heterocycles. The van der Waals surface area contributed by atoms with Gasteiger partial charge < -0.3 is 4.90 Å². The van der Waals surface area contributed by atoms with E-state index >= 15 is 0 Å². The van der Waals surface area contributed by atoms with Gasteiger partial charge in [-0.1, -0.05) is 29.8 Å². The van der Waals surface area contributed by atoms with Crippen LogP contribution in [0.25, 0.3) is 0 Å². The largest absolute Gasteiger partial charge is 0.300 e. The molecule has 2 rings (SSSR count). The number of nitrogens with zero attached hydrogens (tertiary/aromatic N) is 2. The Labute approximate surface area is 115 Å². The molecule has 1 heterocycles. The average Bonchev–Trinajstić information content (AvgIpc) is 3.21. The van der Waals surface area contributed by atoms with Gasteiger partial charge in [0.15, 0.2) is 0 Å². The molecule has 100 valence electrons. The highest BCUT2D eigenvalue weighted by Gasteiger charge is 2.33. The third kappa shape index (κ3) is 3.45. The van der Waals surface area contributed by atoms with Gasteiger partial charge in [-0.15, -0.1) is 0 Å². The van der Waals surface area contributed by atoms with E-state index in [0.29, 0.717) is 5.41 Å². The zero-order chi connectivity index (χ0) is 12.3. The predicted octanol–water partition coefficient (Wildman–Crippen LogP) is 2.97. The number of piperazine rings is 1. The molecule has 0 radical (unpaired) electrons. The molecule has 0 N–H and O–H groups in total. The minimum atomic E-state index is 0.502. The van der Waals surface area contributed by atoms with Gasteiger partial charge in [-0.3, -0.25) is 4.90 Å². The summed E-state index contributed by atoms with van der Waals surface area (Å²) in [5, 5.41) is 1.15. The van der Waals surface area contributed by atoms with E-state index in [0.717, 1.165) is 11.4 Å². The molecule has 0 spiro atoms. The first-order chi connectivity index (χ1) is 8.23. The Morgan fingerprint density at radius 3 is 2.06 bits per heavy atom. The summed E-state index contributed by atoms with van der Waals surface area (Å²) in [6, 6.07) is 0.954. The van der Waals surface area contributed by atoms with E-state index in [2.05, 4.69) is 39.6 Å².